The summed E-state index contributed by atoms with van der Waals surface area (Å²) in [6.07, 6.45) is 0.313. The zero-order valence-corrected chi connectivity index (χ0v) is 10.8. The van der Waals surface area contributed by atoms with Crippen molar-refractivity contribution in [2.45, 2.75) is 19.4 Å². The molecule has 2 heterocycles. The summed E-state index contributed by atoms with van der Waals surface area (Å²) in [4.78, 5) is 12.4. The average molecular weight is 266 g/mol. The molecule has 2 rings (SSSR count). The molecule has 0 aliphatic rings. The Kier molecular flexibility index (Phi) is 4.11. The molecule has 0 bridgehead atoms. The summed E-state index contributed by atoms with van der Waals surface area (Å²) in [7, 11) is 0. The third kappa shape index (κ3) is 2.96. The molecule has 2 aromatic heterocycles. The first-order chi connectivity index (χ1) is 8.70. The van der Waals surface area contributed by atoms with Crippen molar-refractivity contribution in [3.05, 3.63) is 29.3 Å². The molecule has 2 aromatic rings. The summed E-state index contributed by atoms with van der Waals surface area (Å²) in [6, 6.07) is 4.98. The van der Waals surface area contributed by atoms with Crippen LogP contribution in [0.2, 0.25) is 0 Å². The van der Waals surface area contributed by atoms with Crippen LogP contribution in [0.15, 0.2) is 28.1 Å². The third-order valence-corrected chi connectivity index (χ3v) is 3.23. The number of nitrogens with two attached hydrogens (primary N) is 1. The molecule has 2 N–H and O–H groups in total. The van der Waals surface area contributed by atoms with Gasteiger partial charge in [0.15, 0.2) is 5.76 Å². The molecule has 0 spiro atoms. The zero-order chi connectivity index (χ0) is 13.0. The predicted octanol–water partition coefficient (Wildman–Crippen LogP) is 1.84. The second kappa shape index (κ2) is 5.79. The Morgan fingerprint density at radius 3 is 3.17 bits per heavy atom. The van der Waals surface area contributed by atoms with Gasteiger partial charge in [-0.1, -0.05) is 11.2 Å². The molecule has 96 valence electrons. The normalized spacial score (nSPS) is 12.3. The molecule has 0 aliphatic carbocycles. The highest BCUT2D eigenvalue weighted by Gasteiger charge is 2.18. The van der Waals surface area contributed by atoms with Crippen molar-refractivity contribution in [3.8, 4) is 10.6 Å². The van der Waals surface area contributed by atoms with Crippen LogP contribution in [-0.4, -0.2) is 23.8 Å². The summed E-state index contributed by atoms with van der Waals surface area (Å²) in [5.41, 5.74) is 6.36. The number of hydrogen-bond donors (Lipinski definition) is 1. The van der Waals surface area contributed by atoms with Crippen molar-refractivity contribution in [1.82, 2.24) is 5.16 Å². The molecule has 1 atom stereocenters. The first-order valence-corrected chi connectivity index (χ1v) is 6.50. The topological polar surface area (TPSA) is 78.4 Å². The highest BCUT2D eigenvalue weighted by Crippen LogP contribution is 2.25. The van der Waals surface area contributed by atoms with E-state index in [1.165, 1.54) is 0 Å². The predicted molar refractivity (Wildman–Crippen MR) is 68.1 cm³/mol. The van der Waals surface area contributed by atoms with Crippen molar-refractivity contribution >= 4 is 17.3 Å². The van der Waals surface area contributed by atoms with Gasteiger partial charge < -0.3 is 15.0 Å². The van der Waals surface area contributed by atoms with Crippen LogP contribution >= 0.6 is 11.3 Å². The van der Waals surface area contributed by atoms with E-state index in [2.05, 4.69) is 5.16 Å². The van der Waals surface area contributed by atoms with E-state index in [0.29, 0.717) is 24.5 Å². The van der Waals surface area contributed by atoms with Crippen LogP contribution in [0.5, 0.6) is 0 Å². The minimum Gasteiger partial charge on any atom is -0.465 e. The quantitative estimate of drug-likeness (QED) is 0.835. The average Bonchev–Trinajstić information content (AvgIpc) is 2.98. The number of nitrogens with zero attached hydrogens (tertiary/aromatic N) is 1. The third-order valence-electron chi connectivity index (χ3n) is 2.34. The van der Waals surface area contributed by atoms with Gasteiger partial charge in [-0.3, -0.25) is 4.79 Å². The fourth-order valence-corrected chi connectivity index (χ4v) is 2.17. The van der Waals surface area contributed by atoms with Crippen molar-refractivity contribution in [3.63, 3.8) is 0 Å². The lowest BCUT2D eigenvalue weighted by atomic mass is 10.1. The van der Waals surface area contributed by atoms with Gasteiger partial charge in [-0.2, -0.15) is 0 Å². The van der Waals surface area contributed by atoms with Crippen molar-refractivity contribution in [2.24, 2.45) is 5.73 Å². The Labute approximate surface area is 109 Å². The minimum absolute atomic E-state index is 0.313. The van der Waals surface area contributed by atoms with Gasteiger partial charge in [-0.15, -0.1) is 11.3 Å². The molecule has 1 unspecified atom stereocenters. The van der Waals surface area contributed by atoms with Gasteiger partial charge in [-0.25, -0.2) is 0 Å². The van der Waals surface area contributed by atoms with Crippen molar-refractivity contribution in [1.29, 1.82) is 0 Å². The Hall–Kier alpha value is -1.66. The van der Waals surface area contributed by atoms with E-state index in [0.717, 1.165) is 4.88 Å². The number of thiophene rings is 1. The van der Waals surface area contributed by atoms with Crippen LogP contribution in [-0.2, 0) is 16.0 Å². The summed E-state index contributed by atoms with van der Waals surface area (Å²) < 4.78 is 10.0. The van der Waals surface area contributed by atoms with E-state index in [-0.39, 0.29) is 0 Å². The fraction of sp³-hybridized carbons (Fsp3) is 0.333. The van der Waals surface area contributed by atoms with E-state index < -0.39 is 12.0 Å². The Bertz CT molecular complexity index is 507. The van der Waals surface area contributed by atoms with Gasteiger partial charge in [0.2, 0.25) is 0 Å². The maximum atomic E-state index is 11.4. The van der Waals surface area contributed by atoms with E-state index >= 15 is 0 Å². The van der Waals surface area contributed by atoms with Crippen LogP contribution in [0.4, 0.5) is 0 Å². The van der Waals surface area contributed by atoms with Gasteiger partial charge in [0.25, 0.3) is 0 Å². The van der Waals surface area contributed by atoms with Crippen molar-refractivity contribution < 1.29 is 14.1 Å². The van der Waals surface area contributed by atoms with Crippen LogP contribution in [0, 0.1) is 0 Å². The number of hydrogen-bond acceptors (Lipinski definition) is 6. The fourth-order valence-electron chi connectivity index (χ4n) is 1.50. The van der Waals surface area contributed by atoms with Crippen LogP contribution in [0.25, 0.3) is 10.6 Å². The zero-order valence-electron chi connectivity index (χ0n) is 9.96. The second-order valence-electron chi connectivity index (χ2n) is 3.72. The summed E-state index contributed by atoms with van der Waals surface area (Å²) in [5, 5.41) is 5.86. The van der Waals surface area contributed by atoms with Gasteiger partial charge >= 0.3 is 5.97 Å². The molecule has 0 saturated heterocycles. The smallest absolute Gasteiger partial charge is 0.323 e. The number of rotatable bonds is 5. The first-order valence-electron chi connectivity index (χ1n) is 5.62. The highest BCUT2D eigenvalue weighted by molar-refractivity contribution is 7.13. The Morgan fingerprint density at radius 2 is 2.50 bits per heavy atom. The molecule has 0 radical (unpaired) electrons. The van der Waals surface area contributed by atoms with E-state index in [4.69, 9.17) is 15.0 Å². The second-order valence-corrected chi connectivity index (χ2v) is 4.67. The van der Waals surface area contributed by atoms with Crippen LogP contribution in [0.3, 0.4) is 0 Å². The van der Waals surface area contributed by atoms with Gasteiger partial charge in [0.05, 0.1) is 17.2 Å². The summed E-state index contributed by atoms with van der Waals surface area (Å²) in [5.74, 6) is 0.272. The van der Waals surface area contributed by atoms with Gasteiger partial charge in [0, 0.05) is 12.5 Å². The minimum atomic E-state index is -0.703. The maximum absolute atomic E-state index is 11.4. The number of aromatic nitrogens is 1. The lowest BCUT2D eigenvalue weighted by Gasteiger charge is -2.07. The number of carbonyl (C=O) groups is 1. The lowest BCUT2D eigenvalue weighted by Crippen LogP contribution is -2.34. The SMILES string of the molecule is CCOC(=O)C(N)Cc1cc(-c2cccs2)on1. The maximum Gasteiger partial charge on any atom is 0.323 e. The van der Waals surface area contributed by atoms with Gasteiger partial charge in [0.1, 0.15) is 6.04 Å². The molecule has 0 aliphatic heterocycles. The van der Waals surface area contributed by atoms with Crippen LogP contribution < -0.4 is 5.73 Å². The number of carbonyl (C=O) groups excluding carboxylic acids is 1. The lowest BCUT2D eigenvalue weighted by molar-refractivity contribution is -0.144. The van der Waals surface area contributed by atoms with Crippen LogP contribution in [0.1, 0.15) is 12.6 Å². The monoisotopic (exact) mass is 266 g/mol. The largest absolute Gasteiger partial charge is 0.465 e. The Balaban J connectivity index is 2.01. The van der Waals surface area contributed by atoms with E-state index in [9.17, 15) is 4.79 Å². The summed E-state index contributed by atoms with van der Waals surface area (Å²) >= 11 is 1.57. The molecule has 0 amide bonds. The number of esters is 1. The molecule has 0 fully saturated rings. The molecular weight excluding hydrogens is 252 g/mol. The molecule has 18 heavy (non-hydrogen) atoms. The van der Waals surface area contributed by atoms with Crippen molar-refractivity contribution in [2.75, 3.05) is 6.61 Å². The molecular formula is C12H14N2O3S. The van der Waals surface area contributed by atoms with Gasteiger partial charge in [-0.05, 0) is 18.4 Å². The number of ether oxygens (including phenoxy) is 1. The molecule has 6 heteroatoms. The highest BCUT2D eigenvalue weighted by atomic mass is 32.1. The van der Waals surface area contributed by atoms with E-state index in [1.807, 2.05) is 17.5 Å². The van der Waals surface area contributed by atoms with E-state index in [1.54, 1.807) is 24.3 Å². The molecule has 5 nitrogen and oxygen atoms in total. The first kappa shape index (κ1) is 12.8. The molecule has 0 aromatic carbocycles. The molecule has 0 saturated carbocycles. The standard InChI is InChI=1S/C12H14N2O3S/c1-2-16-12(15)9(13)6-8-7-10(17-14-8)11-4-3-5-18-11/h3-5,7,9H,2,6,13H2,1H3. The Morgan fingerprint density at radius 1 is 1.67 bits per heavy atom. The summed E-state index contributed by atoms with van der Waals surface area (Å²) in [6.45, 7) is 2.07.